The summed E-state index contributed by atoms with van der Waals surface area (Å²) < 4.78 is 4.57. The predicted molar refractivity (Wildman–Crippen MR) is 73.3 cm³/mol. The van der Waals surface area contributed by atoms with Crippen molar-refractivity contribution in [2.45, 2.75) is 6.42 Å². The highest BCUT2D eigenvalue weighted by Gasteiger charge is 2.06. The second-order valence-electron chi connectivity index (χ2n) is 3.55. The van der Waals surface area contributed by atoms with Crippen molar-refractivity contribution < 1.29 is 9.53 Å². The van der Waals surface area contributed by atoms with Crippen LogP contribution in [0.15, 0.2) is 35.0 Å². The first kappa shape index (κ1) is 13.2. The Balaban J connectivity index is 1.90. The molecule has 7 heteroatoms. The van der Waals surface area contributed by atoms with Crippen LogP contribution in [0.4, 0.5) is 5.13 Å². The van der Waals surface area contributed by atoms with Crippen molar-refractivity contribution in [2.24, 2.45) is 5.10 Å². The maximum atomic E-state index is 11.1. The van der Waals surface area contributed by atoms with Gasteiger partial charge in [-0.1, -0.05) is 6.07 Å². The van der Waals surface area contributed by atoms with Crippen LogP contribution in [0.25, 0.3) is 0 Å². The van der Waals surface area contributed by atoms with Gasteiger partial charge >= 0.3 is 5.97 Å². The lowest BCUT2D eigenvalue weighted by atomic mass is 10.3. The maximum absolute atomic E-state index is 11.1. The molecule has 0 aliphatic heterocycles. The number of nitrogens with one attached hydrogen (secondary N) is 1. The first-order chi connectivity index (χ1) is 9.28. The molecule has 0 unspecified atom stereocenters. The van der Waals surface area contributed by atoms with E-state index in [1.807, 2.05) is 12.1 Å². The van der Waals surface area contributed by atoms with E-state index < -0.39 is 0 Å². The Morgan fingerprint density at radius 2 is 2.53 bits per heavy atom. The van der Waals surface area contributed by atoms with Crippen LogP contribution in [0, 0.1) is 0 Å². The number of rotatable bonds is 5. The van der Waals surface area contributed by atoms with Gasteiger partial charge in [-0.3, -0.25) is 15.2 Å². The third-order valence-corrected chi connectivity index (χ3v) is 2.96. The molecule has 2 heterocycles. The second kappa shape index (κ2) is 6.60. The molecule has 1 N–H and O–H groups in total. The van der Waals surface area contributed by atoms with Crippen molar-refractivity contribution in [3.63, 3.8) is 0 Å². The average Bonchev–Trinajstić information content (AvgIpc) is 2.87. The number of nitrogens with zero attached hydrogens (tertiary/aromatic N) is 3. The summed E-state index contributed by atoms with van der Waals surface area (Å²) in [7, 11) is 1.35. The van der Waals surface area contributed by atoms with Crippen molar-refractivity contribution in [2.75, 3.05) is 12.5 Å². The number of pyridine rings is 1. The first-order valence-corrected chi connectivity index (χ1v) is 6.36. The molecule has 2 aromatic rings. The molecule has 0 spiro atoms. The molecule has 6 nitrogen and oxygen atoms in total. The molecule has 0 saturated carbocycles. The smallest absolute Gasteiger partial charge is 0.311 e. The standard InChI is InChI=1S/C12H12N4O2S/c1-18-11(17)5-10-8-19-12(15-10)16-14-7-9-3-2-4-13-6-9/h2-4,6-8H,5H2,1H3,(H,15,16)/b14-7-. The van der Waals surface area contributed by atoms with Gasteiger partial charge in [0.15, 0.2) is 0 Å². The number of hydrogen-bond donors (Lipinski definition) is 1. The van der Waals surface area contributed by atoms with Gasteiger partial charge in [0, 0.05) is 23.3 Å². The largest absolute Gasteiger partial charge is 0.469 e. The summed E-state index contributed by atoms with van der Waals surface area (Å²) in [4.78, 5) is 19.3. The van der Waals surface area contributed by atoms with E-state index >= 15 is 0 Å². The number of esters is 1. The van der Waals surface area contributed by atoms with Gasteiger partial charge in [0.2, 0.25) is 5.13 Å². The monoisotopic (exact) mass is 276 g/mol. The Labute approximate surface area is 114 Å². The number of hydrazone groups is 1. The molecule has 98 valence electrons. The topological polar surface area (TPSA) is 76.5 Å². The van der Waals surface area contributed by atoms with Crippen molar-refractivity contribution in [1.82, 2.24) is 9.97 Å². The van der Waals surface area contributed by atoms with Crippen molar-refractivity contribution in [3.8, 4) is 0 Å². The summed E-state index contributed by atoms with van der Waals surface area (Å²) >= 11 is 1.38. The molecule has 0 aliphatic rings. The lowest BCUT2D eigenvalue weighted by molar-refractivity contribution is -0.139. The summed E-state index contributed by atoms with van der Waals surface area (Å²) in [5, 5.41) is 6.46. The lowest BCUT2D eigenvalue weighted by Gasteiger charge is -1.95. The number of thiazole rings is 1. The molecule has 2 rings (SSSR count). The summed E-state index contributed by atoms with van der Waals surface area (Å²) in [5.41, 5.74) is 4.35. The van der Waals surface area contributed by atoms with Crippen LogP contribution >= 0.6 is 11.3 Å². The van der Waals surface area contributed by atoms with E-state index in [1.165, 1.54) is 18.4 Å². The molecule has 0 aliphatic carbocycles. The van der Waals surface area contributed by atoms with Gasteiger partial charge in [-0.05, 0) is 6.07 Å². The fourth-order valence-electron chi connectivity index (χ4n) is 1.27. The Morgan fingerprint density at radius 1 is 1.63 bits per heavy atom. The summed E-state index contributed by atoms with van der Waals surface area (Å²) in [6, 6.07) is 3.72. The fourth-order valence-corrected chi connectivity index (χ4v) is 1.93. The highest BCUT2D eigenvalue weighted by atomic mass is 32.1. The van der Waals surface area contributed by atoms with Crippen LogP contribution in [0.2, 0.25) is 0 Å². The summed E-state index contributed by atoms with van der Waals surface area (Å²) in [6.07, 6.45) is 5.22. The highest BCUT2D eigenvalue weighted by Crippen LogP contribution is 2.15. The number of methoxy groups -OCH3 is 1. The van der Waals surface area contributed by atoms with Gasteiger partial charge in [0.1, 0.15) is 0 Å². The van der Waals surface area contributed by atoms with Crippen molar-refractivity contribution in [1.29, 1.82) is 0 Å². The Hall–Kier alpha value is -2.28. The van der Waals surface area contributed by atoms with Gasteiger partial charge in [-0.15, -0.1) is 11.3 Å². The Morgan fingerprint density at radius 3 is 3.26 bits per heavy atom. The molecular formula is C12H12N4O2S. The number of aromatic nitrogens is 2. The van der Waals surface area contributed by atoms with Crippen LogP contribution in [-0.4, -0.2) is 29.3 Å². The van der Waals surface area contributed by atoms with Crippen molar-refractivity contribution >= 4 is 28.7 Å². The minimum atomic E-state index is -0.310. The van der Waals surface area contributed by atoms with Crippen LogP contribution in [0.1, 0.15) is 11.3 Å². The molecule has 0 fully saturated rings. The zero-order valence-electron chi connectivity index (χ0n) is 10.2. The van der Waals surface area contributed by atoms with E-state index in [0.29, 0.717) is 10.8 Å². The van der Waals surface area contributed by atoms with Crippen LogP contribution in [0.3, 0.4) is 0 Å². The van der Waals surface area contributed by atoms with Gasteiger partial charge < -0.3 is 4.74 Å². The quantitative estimate of drug-likeness (QED) is 0.511. The van der Waals surface area contributed by atoms with E-state index in [1.54, 1.807) is 24.0 Å². The molecular weight excluding hydrogens is 264 g/mol. The number of carbonyl (C=O) groups excluding carboxylic acids is 1. The van der Waals surface area contributed by atoms with E-state index in [9.17, 15) is 4.79 Å². The van der Waals surface area contributed by atoms with Gasteiger partial charge in [-0.2, -0.15) is 5.10 Å². The van der Waals surface area contributed by atoms with E-state index in [4.69, 9.17) is 0 Å². The number of anilines is 1. The Kier molecular flexibility index (Phi) is 4.57. The fraction of sp³-hybridized carbons (Fsp3) is 0.167. The third kappa shape index (κ3) is 4.14. The molecule has 2 aromatic heterocycles. The summed E-state index contributed by atoms with van der Waals surface area (Å²) in [5.74, 6) is -0.310. The average molecular weight is 276 g/mol. The zero-order chi connectivity index (χ0) is 13.5. The maximum Gasteiger partial charge on any atom is 0.311 e. The van der Waals surface area contributed by atoms with Crippen molar-refractivity contribution in [3.05, 3.63) is 41.2 Å². The number of hydrogen-bond acceptors (Lipinski definition) is 7. The molecule has 0 bridgehead atoms. The normalized spacial score (nSPS) is 10.6. The van der Waals surface area contributed by atoms with Gasteiger partial charge in [0.25, 0.3) is 0 Å². The third-order valence-electron chi connectivity index (χ3n) is 2.16. The number of carbonyl (C=O) groups is 1. The lowest BCUT2D eigenvalue weighted by Crippen LogP contribution is -2.04. The molecule has 0 atom stereocenters. The van der Waals surface area contributed by atoms with Crippen LogP contribution < -0.4 is 5.43 Å². The van der Waals surface area contributed by atoms with E-state index in [2.05, 4.69) is 25.2 Å². The number of ether oxygens (including phenoxy) is 1. The van der Waals surface area contributed by atoms with E-state index in [0.717, 1.165) is 5.56 Å². The molecule has 0 radical (unpaired) electrons. The minimum absolute atomic E-state index is 0.168. The SMILES string of the molecule is COC(=O)Cc1csc(N/N=C\c2cccnc2)n1. The van der Waals surface area contributed by atoms with E-state index in [-0.39, 0.29) is 12.4 Å². The summed E-state index contributed by atoms with van der Waals surface area (Å²) in [6.45, 7) is 0. The van der Waals surface area contributed by atoms with Gasteiger partial charge in [-0.25, -0.2) is 4.98 Å². The molecule has 0 aromatic carbocycles. The molecule has 19 heavy (non-hydrogen) atoms. The predicted octanol–water partition coefficient (Wildman–Crippen LogP) is 1.70. The van der Waals surface area contributed by atoms with Gasteiger partial charge in [0.05, 0.1) is 25.4 Å². The van der Waals surface area contributed by atoms with Crippen LogP contribution in [-0.2, 0) is 16.0 Å². The molecule has 0 saturated heterocycles. The molecule has 0 amide bonds. The van der Waals surface area contributed by atoms with Crippen LogP contribution in [0.5, 0.6) is 0 Å². The highest BCUT2D eigenvalue weighted by molar-refractivity contribution is 7.13. The minimum Gasteiger partial charge on any atom is -0.469 e. The second-order valence-corrected chi connectivity index (χ2v) is 4.41. The first-order valence-electron chi connectivity index (χ1n) is 5.48. The Bertz CT molecular complexity index is 568. The zero-order valence-corrected chi connectivity index (χ0v) is 11.1.